The number of hydrogen-bond acceptors (Lipinski definition) is 4. The van der Waals surface area contributed by atoms with Crippen molar-refractivity contribution in [2.24, 2.45) is 5.92 Å². The highest BCUT2D eigenvalue weighted by molar-refractivity contribution is 5.61. The largest absolute Gasteiger partial charge is 0.497 e. The molecule has 1 heterocycles. The first kappa shape index (κ1) is 12.6. The molecule has 1 aliphatic heterocycles. The Kier molecular flexibility index (Phi) is 3.93. The molecular weight excluding hydrogens is 228 g/mol. The lowest BCUT2D eigenvalue weighted by molar-refractivity contribution is 0.392. The van der Waals surface area contributed by atoms with E-state index in [9.17, 15) is 0 Å². The summed E-state index contributed by atoms with van der Waals surface area (Å²) in [5, 5.41) is 9.04. The Morgan fingerprint density at radius 1 is 1.33 bits per heavy atom. The lowest BCUT2D eigenvalue weighted by Crippen LogP contribution is -2.35. The van der Waals surface area contributed by atoms with Gasteiger partial charge in [-0.05, 0) is 25.0 Å². The highest BCUT2D eigenvalue weighted by Gasteiger charge is 2.22. The number of benzene rings is 1. The summed E-state index contributed by atoms with van der Waals surface area (Å²) in [6.07, 6.45) is 2.04. The third-order valence-corrected chi connectivity index (χ3v) is 3.33. The second-order valence-electron chi connectivity index (χ2n) is 4.45. The molecule has 4 heteroatoms. The third kappa shape index (κ3) is 2.51. The van der Waals surface area contributed by atoms with Gasteiger partial charge in [-0.25, -0.2) is 0 Å². The first-order valence-electron chi connectivity index (χ1n) is 6.15. The van der Waals surface area contributed by atoms with Crippen molar-refractivity contribution in [1.29, 1.82) is 5.26 Å². The predicted octanol–water partition coefficient (Wildman–Crippen LogP) is 2.44. The van der Waals surface area contributed by atoms with Crippen LogP contribution in [0.25, 0.3) is 0 Å². The van der Waals surface area contributed by atoms with E-state index in [0.717, 1.165) is 43.1 Å². The number of nitrogens with zero attached hydrogens (tertiary/aromatic N) is 2. The molecular formula is C14H18N2O2. The minimum Gasteiger partial charge on any atom is -0.497 e. The molecule has 0 bridgehead atoms. The molecule has 0 N–H and O–H groups in total. The minimum absolute atomic E-state index is 0.116. The molecule has 2 rings (SSSR count). The van der Waals surface area contributed by atoms with E-state index in [4.69, 9.17) is 14.7 Å². The second kappa shape index (κ2) is 5.63. The van der Waals surface area contributed by atoms with Gasteiger partial charge in [0.15, 0.2) is 0 Å². The van der Waals surface area contributed by atoms with Gasteiger partial charge in [-0.3, -0.25) is 0 Å². The van der Waals surface area contributed by atoms with Gasteiger partial charge in [-0.1, -0.05) is 0 Å². The minimum atomic E-state index is 0.116. The molecule has 0 spiro atoms. The van der Waals surface area contributed by atoms with E-state index in [1.165, 1.54) is 0 Å². The molecule has 1 saturated heterocycles. The monoisotopic (exact) mass is 246 g/mol. The summed E-state index contributed by atoms with van der Waals surface area (Å²) in [7, 11) is 3.30. The molecule has 1 aliphatic rings. The average molecular weight is 246 g/mol. The smallest absolute Gasteiger partial charge is 0.145 e. The van der Waals surface area contributed by atoms with Crippen molar-refractivity contribution in [2.75, 3.05) is 32.2 Å². The first-order chi connectivity index (χ1) is 8.78. The van der Waals surface area contributed by atoms with Crippen LogP contribution in [0, 0.1) is 17.2 Å². The van der Waals surface area contributed by atoms with E-state index in [2.05, 4.69) is 11.0 Å². The van der Waals surface area contributed by atoms with Crippen molar-refractivity contribution < 1.29 is 9.47 Å². The van der Waals surface area contributed by atoms with E-state index < -0.39 is 0 Å². The van der Waals surface area contributed by atoms with Crippen LogP contribution in [0.5, 0.6) is 11.5 Å². The topological polar surface area (TPSA) is 45.5 Å². The zero-order chi connectivity index (χ0) is 13.0. The Hall–Kier alpha value is -1.89. The Balaban J connectivity index is 2.24. The van der Waals surface area contributed by atoms with Crippen molar-refractivity contribution in [3.63, 3.8) is 0 Å². The molecule has 96 valence electrons. The van der Waals surface area contributed by atoms with Gasteiger partial charge in [0.05, 0.1) is 31.9 Å². The van der Waals surface area contributed by atoms with Gasteiger partial charge >= 0.3 is 0 Å². The van der Waals surface area contributed by atoms with Crippen molar-refractivity contribution in [3.8, 4) is 17.6 Å². The Bertz CT molecular complexity index is 454. The SMILES string of the molecule is COc1ccc(N2CCCC(C#N)C2)c(OC)c1. The molecule has 0 saturated carbocycles. The van der Waals surface area contributed by atoms with Crippen LogP contribution in [-0.4, -0.2) is 27.3 Å². The summed E-state index contributed by atoms with van der Waals surface area (Å²) in [6, 6.07) is 8.16. The fourth-order valence-electron chi connectivity index (χ4n) is 2.35. The average Bonchev–Trinajstić information content (AvgIpc) is 2.46. The van der Waals surface area contributed by atoms with Gasteiger partial charge in [-0.15, -0.1) is 0 Å². The summed E-state index contributed by atoms with van der Waals surface area (Å²) in [5.41, 5.74) is 1.04. The molecule has 0 aliphatic carbocycles. The fraction of sp³-hybridized carbons (Fsp3) is 0.500. The van der Waals surface area contributed by atoms with Crippen molar-refractivity contribution in [2.45, 2.75) is 12.8 Å². The van der Waals surface area contributed by atoms with Crippen LogP contribution in [0.1, 0.15) is 12.8 Å². The van der Waals surface area contributed by atoms with Crippen molar-refractivity contribution in [1.82, 2.24) is 0 Å². The molecule has 1 aromatic rings. The highest BCUT2D eigenvalue weighted by atomic mass is 16.5. The van der Waals surface area contributed by atoms with Gasteiger partial charge in [0, 0.05) is 19.2 Å². The van der Waals surface area contributed by atoms with Crippen LogP contribution in [0.4, 0.5) is 5.69 Å². The van der Waals surface area contributed by atoms with E-state index in [0.29, 0.717) is 0 Å². The normalized spacial score (nSPS) is 19.2. The lowest BCUT2D eigenvalue weighted by atomic mass is 9.99. The maximum Gasteiger partial charge on any atom is 0.145 e. The van der Waals surface area contributed by atoms with Crippen molar-refractivity contribution in [3.05, 3.63) is 18.2 Å². The molecule has 0 amide bonds. The molecule has 18 heavy (non-hydrogen) atoms. The quantitative estimate of drug-likeness (QED) is 0.821. The van der Waals surface area contributed by atoms with Crippen LogP contribution in [0.15, 0.2) is 18.2 Å². The second-order valence-corrected chi connectivity index (χ2v) is 4.45. The van der Waals surface area contributed by atoms with E-state index in [1.807, 2.05) is 18.2 Å². The van der Waals surface area contributed by atoms with E-state index in [-0.39, 0.29) is 5.92 Å². The van der Waals surface area contributed by atoms with Crippen molar-refractivity contribution >= 4 is 5.69 Å². The molecule has 1 unspecified atom stereocenters. The highest BCUT2D eigenvalue weighted by Crippen LogP contribution is 2.34. The van der Waals surface area contributed by atoms with Gasteiger partial charge in [0.1, 0.15) is 11.5 Å². The fourth-order valence-corrected chi connectivity index (χ4v) is 2.35. The summed E-state index contributed by atoms with van der Waals surface area (Å²) >= 11 is 0. The number of nitriles is 1. The number of anilines is 1. The first-order valence-corrected chi connectivity index (χ1v) is 6.15. The summed E-state index contributed by atoms with van der Waals surface area (Å²) < 4.78 is 10.6. The predicted molar refractivity (Wildman–Crippen MR) is 70.1 cm³/mol. The van der Waals surface area contributed by atoms with Crippen LogP contribution in [-0.2, 0) is 0 Å². The molecule has 0 aromatic heterocycles. The number of rotatable bonds is 3. The Morgan fingerprint density at radius 3 is 2.83 bits per heavy atom. The maximum atomic E-state index is 9.04. The number of methoxy groups -OCH3 is 2. The number of hydrogen-bond donors (Lipinski definition) is 0. The maximum absolute atomic E-state index is 9.04. The van der Waals surface area contributed by atoms with Crippen LogP contribution in [0.2, 0.25) is 0 Å². The van der Waals surface area contributed by atoms with Gasteiger partial charge in [0.25, 0.3) is 0 Å². The van der Waals surface area contributed by atoms with Gasteiger partial charge in [-0.2, -0.15) is 5.26 Å². The summed E-state index contributed by atoms with van der Waals surface area (Å²) in [5.74, 6) is 1.70. The molecule has 4 nitrogen and oxygen atoms in total. The number of piperidine rings is 1. The summed E-state index contributed by atoms with van der Waals surface area (Å²) in [4.78, 5) is 2.22. The molecule has 0 radical (unpaired) electrons. The number of ether oxygens (including phenoxy) is 2. The van der Waals surface area contributed by atoms with Gasteiger partial charge < -0.3 is 14.4 Å². The van der Waals surface area contributed by atoms with E-state index >= 15 is 0 Å². The van der Waals surface area contributed by atoms with Gasteiger partial charge in [0.2, 0.25) is 0 Å². The van der Waals surface area contributed by atoms with Crippen LogP contribution >= 0.6 is 0 Å². The van der Waals surface area contributed by atoms with Crippen LogP contribution in [0.3, 0.4) is 0 Å². The van der Waals surface area contributed by atoms with Crippen LogP contribution < -0.4 is 14.4 Å². The molecule has 1 atom stereocenters. The Morgan fingerprint density at radius 2 is 2.17 bits per heavy atom. The lowest BCUT2D eigenvalue weighted by Gasteiger charge is -2.32. The third-order valence-electron chi connectivity index (χ3n) is 3.33. The van der Waals surface area contributed by atoms with E-state index in [1.54, 1.807) is 14.2 Å². The Labute approximate surface area is 108 Å². The zero-order valence-electron chi connectivity index (χ0n) is 10.8. The standard InChI is InChI=1S/C14H18N2O2/c1-17-12-5-6-13(14(8-12)18-2)16-7-3-4-11(9-15)10-16/h5-6,8,11H,3-4,7,10H2,1-2H3. The molecule has 1 aromatic carbocycles. The summed E-state index contributed by atoms with van der Waals surface area (Å²) in [6.45, 7) is 1.75. The molecule has 1 fully saturated rings. The zero-order valence-corrected chi connectivity index (χ0v) is 10.8.